The second-order valence-corrected chi connectivity index (χ2v) is 6.73. The van der Waals surface area contributed by atoms with Crippen molar-refractivity contribution in [3.05, 3.63) is 24.0 Å². The van der Waals surface area contributed by atoms with Crippen LogP contribution in [0.5, 0.6) is 0 Å². The van der Waals surface area contributed by atoms with Crippen molar-refractivity contribution in [2.45, 2.75) is 38.0 Å². The van der Waals surface area contributed by atoms with E-state index < -0.39 is 0 Å². The van der Waals surface area contributed by atoms with E-state index in [1.807, 2.05) is 12.3 Å². The van der Waals surface area contributed by atoms with Crippen LogP contribution in [-0.2, 0) is 0 Å². The van der Waals surface area contributed by atoms with Crippen molar-refractivity contribution < 1.29 is 0 Å². The summed E-state index contributed by atoms with van der Waals surface area (Å²) in [6.45, 7) is 3.91. The van der Waals surface area contributed by atoms with Gasteiger partial charge in [-0.3, -0.25) is 0 Å². The molecule has 3 nitrogen and oxygen atoms in total. The Labute approximate surface area is 114 Å². The van der Waals surface area contributed by atoms with Gasteiger partial charge in [0.1, 0.15) is 0 Å². The highest BCUT2D eigenvalue weighted by molar-refractivity contribution is 5.51. The molecule has 4 aliphatic rings. The molecule has 0 amide bonds. The van der Waals surface area contributed by atoms with Crippen molar-refractivity contribution >= 4 is 12.0 Å². The number of nitrogens with two attached hydrogens (primary N) is 1. The molecule has 4 aliphatic carbocycles. The Bertz CT molecular complexity index is 495. The van der Waals surface area contributed by atoms with E-state index >= 15 is 0 Å². The first-order valence-corrected chi connectivity index (χ1v) is 7.49. The zero-order valence-corrected chi connectivity index (χ0v) is 11.3. The van der Waals surface area contributed by atoms with E-state index in [4.69, 9.17) is 5.73 Å². The molecule has 19 heavy (non-hydrogen) atoms. The summed E-state index contributed by atoms with van der Waals surface area (Å²) in [6.07, 6.45) is 10.8. The van der Waals surface area contributed by atoms with Crippen LogP contribution in [0.2, 0.25) is 0 Å². The molecule has 4 saturated carbocycles. The summed E-state index contributed by atoms with van der Waals surface area (Å²) in [5, 5.41) is 0. The molecule has 1 heterocycles. The Balaban J connectivity index is 1.76. The third-order valence-electron chi connectivity index (χ3n) is 5.63. The van der Waals surface area contributed by atoms with Crippen molar-refractivity contribution in [2.75, 3.05) is 5.73 Å². The van der Waals surface area contributed by atoms with Crippen LogP contribution >= 0.6 is 0 Å². The van der Waals surface area contributed by atoms with Crippen molar-refractivity contribution in [3.8, 4) is 0 Å². The van der Waals surface area contributed by atoms with Gasteiger partial charge in [0.2, 0.25) is 5.95 Å². The van der Waals surface area contributed by atoms with Gasteiger partial charge in [-0.2, -0.15) is 0 Å². The minimum atomic E-state index is 0.411. The molecule has 3 heteroatoms. The van der Waals surface area contributed by atoms with Crippen LogP contribution in [0.3, 0.4) is 0 Å². The zero-order valence-electron chi connectivity index (χ0n) is 11.3. The average molecular weight is 255 g/mol. The fourth-order valence-electron chi connectivity index (χ4n) is 5.21. The largest absolute Gasteiger partial charge is 0.368 e. The number of hydrogen-bond donors (Lipinski definition) is 1. The topological polar surface area (TPSA) is 51.8 Å². The van der Waals surface area contributed by atoms with E-state index in [0.717, 1.165) is 29.2 Å². The number of rotatable bonds is 2. The maximum atomic E-state index is 5.82. The van der Waals surface area contributed by atoms with Gasteiger partial charge >= 0.3 is 0 Å². The Morgan fingerprint density at radius 1 is 1.11 bits per heavy atom. The quantitative estimate of drug-likeness (QED) is 0.882. The number of hydrogen-bond acceptors (Lipinski definition) is 3. The maximum Gasteiger partial charge on any atom is 0.220 e. The predicted molar refractivity (Wildman–Crippen MR) is 76.3 cm³/mol. The normalized spacial score (nSPS) is 39.5. The van der Waals surface area contributed by atoms with Gasteiger partial charge < -0.3 is 5.73 Å². The van der Waals surface area contributed by atoms with Gasteiger partial charge in [-0.1, -0.05) is 12.7 Å². The SMILES string of the molecule is C=Cc1cnc(N)nc1C1C2CC3CC(C2)CC1C3. The molecule has 0 radical (unpaired) electrons. The summed E-state index contributed by atoms with van der Waals surface area (Å²) in [6, 6.07) is 0. The lowest BCUT2D eigenvalue weighted by molar-refractivity contribution is -0.00420. The van der Waals surface area contributed by atoms with E-state index in [1.54, 1.807) is 0 Å². The molecule has 4 bridgehead atoms. The van der Waals surface area contributed by atoms with Gasteiger partial charge in [0.05, 0.1) is 5.69 Å². The maximum absolute atomic E-state index is 5.82. The van der Waals surface area contributed by atoms with E-state index in [9.17, 15) is 0 Å². The molecule has 2 N–H and O–H groups in total. The highest BCUT2D eigenvalue weighted by Gasteiger charge is 2.49. The molecule has 1 aromatic heterocycles. The first-order valence-electron chi connectivity index (χ1n) is 7.49. The van der Waals surface area contributed by atoms with Crippen LogP contribution in [0.4, 0.5) is 5.95 Å². The average Bonchev–Trinajstić information content (AvgIpc) is 2.37. The van der Waals surface area contributed by atoms with E-state index in [-0.39, 0.29) is 0 Å². The van der Waals surface area contributed by atoms with Gasteiger partial charge in [0, 0.05) is 17.7 Å². The predicted octanol–water partition coefficient (Wildman–Crippen LogP) is 3.24. The standard InChI is InChI=1S/C16H21N3/c1-2-11-8-18-16(17)19-15(11)14-12-4-9-3-10(6-12)7-13(14)5-9/h2,8-10,12-14H,1,3-7H2,(H2,17,18,19). The van der Waals surface area contributed by atoms with Gasteiger partial charge in [-0.15, -0.1) is 0 Å². The summed E-state index contributed by atoms with van der Waals surface area (Å²) >= 11 is 0. The highest BCUT2D eigenvalue weighted by atomic mass is 15.0. The first-order chi connectivity index (χ1) is 9.24. The van der Waals surface area contributed by atoms with Crippen LogP contribution in [0.15, 0.2) is 12.8 Å². The Morgan fingerprint density at radius 2 is 1.74 bits per heavy atom. The summed E-state index contributed by atoms with van der Waals surface area (Å²) in [5.74, 6) is 4.64. The zero-order chi connectivity index (χ0) is 13.0. The molecular weight excluding hydrogens is 234 g/mol. The Kier molecular flexibility index (Phi) is 2.44. The van der Waals surface area contributed by atoms with Crippen molar-refractivity contribution in [3.63, 3.8) is 0 Å². The second kappa shape index (κ2) is 4.06. The van der Waals surface area contributed by atoms with E-state index in [1.165, 1.54) is 37.8 Å². The smallest absolute Gasteiger partial charge is 0.220 e. The highest BCUT2D eigenvalue weighted by Crippen LogP contribution is 2.59. The van der Waals surface area contributed by atoms with Crippen LogP contribution in [0, 0.1) is 23.7 Å². The van der Waals surface area contributed by atoms with Crippen LogP contribution in [0.25, 0.3) is 6.08 Å². The van der Waals surface area contributed by atoms with Crippen molar-refractivity contribution in [2.24, 2.45) is 23.7 Å². The number of anilines is 1. The minimum absolute atomic E-state index is 0.411. The molecule has 0 atom stereocenters. The first kappa shape index (κ1) is 11.4. The van der Waals surface area contributed by atoms with Gasteiger partial charge in [-0.05, 0) is 55.8 Å². The van der Waals surface area contributed by atoms with Crippen LogP contribution in [0.1, 0.15) is 49.3 Å². The summed E-state index contributed by atoms with van der Waals surface area (Å²) in [5.41, 5.74) is 8.09. The van der Waals surface area contributed by atoms with E-state index in [2.05, 4.69) is 16.5 Å². The molecule has 5 rings (SSSR count). The number of aromatic nitrogens is 2. The Morgan fingerprint density at radius 3 is 2.32 bits per heavy atom. The van der Waals surface area contributed by atoms with Crippen LogP contribution in [-0.4, -0.2) is 9.97 Å². The number of nitrogen functional groups attached to an aromatic ring is 1. The molecule has 0 unspecified atom stereocenters. The summed E-state index contributed by atoms with van der Waals surface area (Å²) < 4.78 is 0. The van der Waals surface area contributed by atoms with Gasteiger partial charge in [0.15, 0.2) is 0 Å². The molecule has 1 aromatic rings. The third kappa shape index (κ3) is 1.71. The molecule has 0 aliphatic heterocycles. The van der Waals surface area contributed by atoms with Gasteiger partial charge in [-0.25, -0.2) is 9.97 Å². The summed E-state index contributed by atoms with van der Waals surface area (Å²) in [4.78, 5) is 8.70. The molecule has 4 fully saturated rings. The fraction of sp³-hybridized carbons (Fsp3) is 0.625. The molecule has 0 saturated heterocycles. The Hall–Kier alpha value is -1.38. The molecule has 100 valence electrons. The molecule has 0 aromatic carbocycles. The third-order valence-corrected chi connectivity index (χ3v) is 5.63. The van der Waals surface area contributed by atoms with Crippen LogP contribution < -0.4 is 5.73 Å². The number of nitrogens with zero attached hydrogens (tertiary/aromatic N) is 2. The lowest BCUT2D eigenvalue weighted by Gasteiger charge is -2.54. The van der Waals surface area contributed by atoms with Crippen molar-refractivity contribution in [1.29, 1.82) is 0 Å². The minimum Gasteiger partial charge on any atom is -0.368 e. The fourth-order valence-corrected chi connectivity index (χ4v) is 5.21. The lowest BCUT2D eigenvalue weighted by atomic mass is 9.51. The second-order valence-electron chi connectivity index (χ2n) is 6.73. The van der Waals surface area contributed by atoms with Crippen molar-refractivity contribution in [1.82, 2.24) is 9.97 Å². The monoisotopic (exact) mass is 255 g/mol. The van der Waals surface area contributed by atoms with Gasteiger partial charge in [0.25, 0.3) is 0 Å². The van der Waals surface area contributed by atoms with E-state index in [0.29, 0.717) is 11.9 Å². The molecular formula is C16H21N3. The lowest BCUT2D eigenvalue weighted by Crippen LogP contribution is -2.44. The summed E-state index contributed by atoms with van der Waals surface area (Å²) in [7, 11) is 0. The molecule has 0 spiro atoms.